The molecule has 30 heavy (non-hydrogen) atoms. The molecule has 1 aromatic heterocycles. The van der Waals surface area contributed by atoms with Gasteiger partial charge < -0.3 is 14.8 Å². The van der Waals surface area contributed by atoms with Crippen LogP contribution in [0.15, 0.2) is 23.4 Å². The van der Waals surface area contributed by atoms with Crippen molar-refractivity contribution in [1.29, 1.82) is 0 Å². The zero-order valence-corrected chi connectivity index (χ0v) is 18.0. The molecule has 6 nitrogen and oxygen atoms in total. The number of hydrogen-bond acceptors (Lipinski definition) is 6. The second-order valence-corrected chi connectivity index (χ2v) is 7.23. The third kappa shape index (κ3) is 6.60. The van der Waals surface area contributed by atoms with Crippen molar-refractivity contribution in [2.24, 2.45) is 0 Å². The molecule has 2 aromatic rings. The Balaban J connectivity index is 2.14. The molecule has 0 atom stereocenters. The van der Waals surface area contributed by atoms with Gasteiger partial charge in [-0.05, 0) is 50.3 Å². The van der Waals surface area contributed by atoms with Crippen LogP contribution in [0.2, 0.25) is 0 Å². The molecule has 10 heteroatoms. The lowest BCUT2D eigenvalue weighted by Gasteiger charge is -2.15. The summed E-state index contributed by atoms with van der Waals surface area (Å²) in [5, 5.41) is 3.18. The van der Waals surface area contributed by atoms with E-state index < -0.39 is 17.6 Å². The second-order valence-electron chi connectivity index (χ2n) is 6.46. The topological polar surface area (TPSA) is 73.3 Å². The molecule has 1 amide bonds. The van der Waals surface area contributed by atoms with Crippen LogP contribution in [0.1, 0.15) is 28.9 Å². The highest BCUT2D eigenvalue weighted by atomic mass is 32.2. The molecule has 0 saturated carbocycles. The fraction of sp³-hybridized carbons (Fsp3) is 0.450. The average Bonchev–Trinajstić information content (AvgIpc) is 2.67. The largest absolute Gasteiger partial charge is 0.489 e. The van der Waals surface area contributed by atoms with Crippen molar-refractivity contribution < 1.29 is 27.4 Å². The van der Waals surface area contributed by atoms with Crippen LogP contribution in [0.5, 0.6) is 5.75 Å². The number of benzene rings is 1. The van der Waals surface area contributed by atoms with Gasteiger partial charge in [-0.15, -0.1) is 0 Å². The Hall–Kier alpha value is -2.33. The van der Waals surface area contributed by atoms with Crippen molar-refractivity contribution in [1.82, 2.24) is 9.97 Å². The average molecular weight is 443 g/mol. The third-order valence-corrected chi connectivity index (χ3v) is 4.86. The Morgan fingerprint density at radius 1 is 1.17 bits per heavy atom. The quantitative estimate of drug-likeness (QED) is 0.351. The zero-order valence-electron chi connectivity index (χ0n) is 17.2. The van der Waals surface area contributed by atoms with Crippen molar-refractivity contribution in [3.8, 4) is 5.75 Å². The number of carbonyl (C=O) groups excluding carboxylic acids is 1. The maximum atomic E-state index is 13.1. The van der Waals surface area contributed by atoms with Crippen molar-refractivity contribution in [3.05, 3.63) is 40.7 Å². The smallest absolute Gasteiger partial charge is 0.416 e. The maximum Gasteiger partial charge on any atom is 0.416 e. The third-order valence-electron chi connectivity index (χ3n) is 4.31. The van der Waals surface area contributed by atoms with E-state index in [-0.39, 0.29) is 31.1 Å². The molecule has 0 unspecified atom stereocenters. The first-order chi connectivity index (χ1) is 14.2. The van der Waals surface area contributed by atoms with E-state index in [1.165, 1.54) is 24.9 Å². The van der Waals surface area contributed by atoms with E-state index in [2.05, 4.69) is 15.3 Å². The number of carbonyl (C=O) groups is 1. The Kier molecular flexibility index (Phi) is 8.48. The van der Waals surface area contributed by atoms with Gasteiger partial charge in [0, 0.05) is 24.9 Å². The minimum atomic E-state index is -4.53. The lowest BCUT2D eigenvalue weighted by Crippen LogP contribution is -2.16. The van der Waals surface area contributed by atoms with Gasteiger partial charge in [-0.2, -0.15) is 13.2 Å². The number of hydrogen-bond donors (Lipinski definition) is 1. The first-order valence-corrected chi connectivity index (χ1v) is 10.4. The van der Waals surface area contributed by atoms with Gasteiger partial charge in [0.25, 0.3) is 0 Å². The minimum absolute atomic E-state index is 0.0339. The maximum absolute atomic E-state index is 13.1. The number of aryl methyl sites for hydroxylation is 2. The SMILES string of the molecule is COCCOc1ccc(C(F)(F)F)cc1NC(=O)CCc1c(C)nc(SC)nc1C. The van der Waals surface area contributed by atoms with E-state index in [0.717, 1.165) is 29.1 Å². The van der Waals surface area contributed by atoms with Gasteiger partial charge >= 0.3 is 6.18 Å². The standard InChI is InChI=1S/C20H24F3N3O3S/c1-12-15(13(2)25-19(24-12)30-4)6-8-18(27)26-16-11-14(20(21,22)23)5-7-17(16)29-10-9-28-3/h5,7,11H,6,8-10H2,1-4H3,(H,26,27). The summed E-state index contributed by atoms with van der Waals surface area (Å²) in [5.41, 5.74) is 1.51. The molecule has 0 fully saturated rings. The van der Waals surface area contributed by atoms with Crippen LogP contribution in [0.4, 0.5) is 18.9 Å². The number of amides is 1. The Bertz CT molecular complexity index is 868. The fourth-order valence-electron chi connectivity index (χ4n) is 2.78. The van der Waals surface area contributed by atoms with Gasteiger partial charge in [-0.1, -0.05) is 11.8 Å². The first kappa shape index (κ1) is 23.9. The molecule has 0 aliphatic heterocycles. The highest BCUT2D eigenvalue weighted by Crippen LogP contribution is 2.35. The van der Waals surface area contributed by atoms with Gasteiger partial charge in [0.2, 0.25) is 5.91 Å². The fourth-order valence-corrected chi connectivity index (χ4v) is 3.23. The molecule has 0 bridgehead atoms. The number of ether oxygens (including phenoxy) is 2. The van der Waals surface area contributed by atoms with Crippen LogP contribution in [-0.4, -0.2) is 42.5 Å². The van der Waals surface area contributed by atoms with Crippen LogP contribution in [0.3, 0.4) is 0 Å². The monoisotopic (exact) mass is 443 g/mol. The van der Waals surface area contributed by atoms with Crippen LogP contribution in [-0.2, 0) is 22.1 Å². The van der Waals surface area contributed by atoms with Gasteiger partial charge in [-0.25, -0.2) is 9.97 Å². The Morgan fingerprint density at radius 3 is 2.40 bits per heavy atom. The summed E-state index contributed by atoms with van der Waals surface area (Å²) in [6.07, 6.45) is -2.22. The molecule has 1 N–H and O–H groups in total. The summed E-state index contributed by atoms with van der Waals surface area (Å²) in [5.74, 6) is -0.285. The van der Waals surface area contributed by atoms with Gasteiger partial charge in [0.1, 0.15) is 12.4 Å². The molecular formula is C20H24F3N3O3S. The number of aromatic nitrogens is 2. The van der Waals surface area contributed by atoms with Crippen LogP contribution < -0.4 is 10.1 Å². The van der Waals surface area contributed by atoms with Gasteiger partial charge in [0.15, 0.2) is 5.16 Å². The minimum Gasteiger partial charge on any atom is -0.489 e. The predicted octanol–water partition coefficient (Wildman–Crippen LogP) is 4.43. The second kappa shape index (κ2) is 10.6. The Morgan fingerprint density at radius 2 is 1.83 bits per heavy atom. The number of nitrogens with zero attached hydrogens (tertiary/aromatic N) is 2. The number of methoxy groups -OCH3 is 1. The van der Waals surface area contributed by atoms with Crippen LogP contribution in [0, 0.1) is 13.8 Å². The number of halogens is 3. The summed E-state index contributed by atoms with van der Waals surface area (Å²) < 4.78 is 49.6. The van der Waals surface area contributed by atoms with E-state index in [9.17, 15) is 18.0 Å². The lowest BCUT2D eigenvalue weighted by atomic mass is 10.1. The summed E-state index contributed by atoms with van der Waals surface area (Å²) >= 11 is 1.43. The van der Waals surface area contributed by atoms with Crippen molar-refractivity contribution in [3.63, 3.8) is 0 Å². The highest BCUT2D eigenvalue weighted by molar-refractivity contribution is 7.98. The molecule has 1 heterocycles. The van der Waals surface area contributed by atoms with E-state index in [1.54, 1.807) is 0 Å². The summed E-state index contributed by atoms with van der Waals surface area (Å²) in [4.78, 5) is 21.2. The normalized spacial score (nSPS) is 11.4. The highest BCUT2D eigenvalue weighted by Gasteiger charge is 2.31. The van der Waals surface area contributed by atoms with Gasteiger partial charge in [0.05, 0.1) is 17.9 Å². The number of rotatable bonds is 9. The van der Waals surface area contributed by atoms with Crippen molar-refractivity contribution in [2.45, 2.75) is 38.0 Å². The predicted molar refractivity (Wildman–Crippen MR) is 109 cm³/mol. The van der Waals surface area contributed by atoms with Gasteiger partial charge in [-0.3, -0.25) is 4.79 Å². The van der Waals surface area contributed by atoms with Crippen molar-refractivity contribution >= 4 is 23.4 Å². The summed E-state index contributed by atoms with van der Waals surface area (Å²) in [6, 6.07) is 2.97. The van der Waals surface area contributed by atoms with E-state index in [0.29, 0.717) is 11.6 Å². The summed E-state index contributed by atoms with van der Waals surface area (Å²) in [6.45, 7) is 4.09. The molecule has 0 spiro atoms. The molecule has 1 aromatic carbocycles. The van der Waals surface area contributed by atoms with E-state index >= 15 is 0 Å². The molecule has 2 rings (SSSR count). The number of alkyl halides is 3. The zero-order chi connectivity index (χ0) is 22.3. The van der Waals surface area contributed by atoms with E-state index in [1.807, 2.05) is 20.1 Å². The van der Waals surface area contributed by atoms with Crippen LogP contribution in [0.25, 0.3) is 0 Å². The number of thioether (sulfide) groups is 1. The first-order valence-electron chi connectivity index (χ1n) is 9.16. The number of anilines is 1. The summed E-state index contributed by atoms with van der Waals surface area (Å²) in [7, 11) is 1.48. The lowest BCUT2D eigenvalue weighted by molar-refractivity contribution is -0.137. The molecule has 0 radical (unpaired) electrons. The molecule has 164 valence electrons. The molecule has 0 saturated heterocycles. The number of nitrogens with one attached hydrogen (secondary N) is 1. The van der Waals surface area contributed by atoms with Crippen molar-refractivity contribution in [2.75, 3.05) is 31.9 Å². The Labute approximate surface area is 177 Å². The van der Waals surface area contributed by atoms with E-state index in [4.69, 9.17) is 9.47 Å². The molecule has 0 aliphatic carbocycles. The molecular weight excluding hydrogens is 419 g/mol. The molecule has 0 aliphatic rings. The van der Waals surface area contributed by atoms with Crippen LogP contribution >= 0.6 is 11.8 Å².